The van der Waals surface area contributed by atoms with Crippen LogP contribution in [0.5, 0.6) is 0 Å². The van der Waals surface area contributed by atoms with Gasteiger partial charge in [0.15, 0.2) is 5.76 Å². The summed E-state index contributed by atoms with van der Waals surface area (Å²) in [5.41, 5.74) is 4.31. The van der Waals surface area contributed by atoms with Crippen LogP contribution >= 0.6 is 11.3 Å². The molecule has 6 rings (SSSR count). The average Bonchev–Trinajstić information content (AvgIpc) is 3.63. The van der Waals surface area contributed by atoms with E-state index in [9.17, 15) is 0 Å². The summed E-state index contributed by atoms with van der Waals surface area (Å²) in [5, 5.41) is 16.0. The minimum absolute atomic E-state index is 0.404. The molecule has 0 atom stereocenters. The van der Waals surface area contributed by atoms with Crippen LogP contribution in [0.1, 0.15) is 0 Å². The highest BCUT2D eigenvalue weighted by Gasteiger charge is 2.11. The molecule has 0 bridgehead atoms. The third-order valence-electron chi connectivity index (χ3n) is 5.41. The van der Waals surface area contributed by atoms with Gasteiger partial charge in [-0.1, -0.05) is 59.8 Å². The number of benzene rings is 3. The lowest BCUT2D eigenvalue weighted by atomic mass is 10.1. The van der Waals surface area contributed by atoms with E-state index in [1.807, 2.05) is 109 Å². The van der Waals surface area contributed by atoms with E-state index in [-0.39, 0.29) is 0 Å². The highest BCUT2D eigenvalue weighted by molar-refractivity contribution is 7.13. The van der Waals surface area contributed by atoms with Crippen molar-refractivity contribution in [2.75, 3.05) is 16.0 Å². The Morgan fingerprint density at radius 2 is 1.11 bits per heavy atom. The standard InChI is InChI=1S/C28H21N7OS/c1-3-8-20(9-4-1)29-26-32-27(30-21-10-5-2-6-11-21)34-28(33-26)31-22-15-13-19(14-16-22)23-18-24(36-35-23)25-12-7-17-37-25/h1-18H,(H3,29,30,31,32,33,34). The predicted molar refractivity (Wildman–Crippen MR) is 148 cm³/mol. The lowest BCUT2D eigenvalue weighted by Crippen LogP contribution is -2.07. The molecule has 6 aromatic rings. The summed E-state index contributed by atoms with van der Waals surface area (Å²) in [7, 11) is 0. The van der Waals surface area contributed by atoms with Crippen molar-refractivity contribution in [3.8, 4) is 21.9 Å². The Hall–Kier alpha value is -5.02. The Bertz CT molecular complexity index is 1530. The first kappa shape index (κ1) is 22.4. The average molecular weight is 504 g/mol. The maximum Gasteiger partial charge on any atom is 0.233 e. The monoisotopic (exact) mass is 503 g/mol. The Morgan fingerprint density at radius 1 is 0.568 bits per heavy atom. The Balaban J connectivity index is 1.24. The molecule has 0 saturated heterocycles. The molecule has 0 saturated carbocycles. The minimum atomic E-state index is 0.404. The largest absolute Gasteiger partial charge is 0.355 e. The van der Waals surface area contributed by atoms with Crippen molar-refractivity contribution in [2.24, 2.45) is 0 Å². The van der Waals surface area contributed by atoms with Gasteiger partial charge >= 0.3 is 0 Å². The van der Waals surface area contributed by atoms with Crippen LogP contribution in [-0.2, 0) is 0 Å². The van der Waals surface area contributed by atoms with Gasteiger partial charge in [-0.2, -0.15) is 15.0 Å². The normalized spacial score (nSPS) is 10.7. The van der Waals surface area contributed by atoms with Crippen molar-refractivity contribution in [3.63, 3.8) is 0 Å². The molecule has 0 aliphatic carbocycles. The van der Waals surface area contributed by atoms with Crippen molar-refractivity contribution in [3.05, 3.63) is 109 Å². The molecule has 180 valence electrons. The van der Waals surface area contributed by atoms with E-state index in [4.69, 9.17) is 4.52 Å². The van der Waals surface area contributed by atoms with Crippen LogP contribution in [0, 0.1) is 0 Å². The van der Waals surface area contributed by atoms with Crippen molar-refractivity contribution in [1.29, 1.82) is 0 Å². The van der Waals surface area contributed by atoms with E-state index < -0.39 is 0 Å². The number of hydrogen-bond donors (Lipinski definition) is 3. The Morgan fingerprint density at radius 3 is 1.62 bits per heavy atom. The second-order valence-electron chi connectivity index (χ2n) is 8.04. The summed E-state index contributed by atoms with van der Waals surface area (Å²) in [6.07, 6.45) is 0. The van der Waals surface area contributed by atoms with Gasteiger partial charge in [-0.3, -0.25) is 0 Å². The molecule has 3 heterocycles. The fourth-order valence-electron chi connectivity index (χ4n) is 3.64. The van der Waals surface area contributed by atoms with E-state index in [2.05, 4.69) is 36.1 Å². The second kappa shape index (κ2) is 10.3. The molecule has 9 heteroatoms. The molecule has 3 aromatic heterocycles. The number of nitrogens with zero attached hydrogens (tertiary/aromatic N) is 4. The summed E-state index contributed by atoms with van der Waals surface area (Å²) >= 11 is 1.62. The van der Waals surface area contributed by atoms with Crippen molar-refractivity contribution in [1.82, 2.24) is 20.1 Å². The zero-order valence-electron chi connectivity index (χ0n) is 19.5. The van der Waals surface area contributed by atoms with E-state index in [1.165, 1.54) is 0 Å². The quantitative estimate of drug-likeness (QED) is 0.196. The molecule has 3 aromatic carbocycles. The summed E-state index contributed by atoms with van der Waals surface area (Å²) in [6, 6.07) is 33.3. The number of thiophene rings is 1. The highest BCUT2D eigenvalue weighted by Crippen LogP contribution is 2.30. The third-order valence-corrected chi connectivity index (χ3v) is 6.29. The number of aromatic nitrogens is 4. The predicted octanol–water partition coefficient (Wildman–Crippen LogP) is 7.49. The molecule has 0 fully saturated rings. The zero-order valence-corrected chi connectivity index (χ0v) is 20.3. The van der Waals surface area contributed by atoms with Gasteiger partial charge in [-0.05, 0) is 47.8 Å². The number of para-hydroxylation sites is 2. The molecule has 8 nitrogen and oxygen atoms in total. The number of anilines is 6. The van der Waals surface area contributed by atoms with Gasteiger partial charge in [0.25, 0.3) is 0 Å². The van der Waals surface area contributed by atoms with Gasteiger partial charge in [0, 0.05) is 28.7 Å². The maximum absolute atomic E-state index is 5.52. The van der Waals surface area contributed by atoms with Gasteiger partial charge in [0.2, 0.25) is 17.8 Å². The van der Waals surface area contributed by atoms with E-state index >= 15 is 0 Å². The zero-order chi connectivity index (χ0) is 24.9. The first-order valence-corrected chi connectivity index (χ1v) is 12.4. The minimum Gasteiger partial charge on any atom is -0.355 e. The smallest absolute Gasteiger partial charge is 0.233 e. The molecule has 0 spiro atoms. The topological polar surface area (TPSA) is 101 Å². The fourth-order valence-corrected chi connectivity index (χ4v) is 4.32. The van der Waals surface area contributed by atoms with Gasteiger partial charge in [0.05, 0.1) is 4.88 Å². The molecule has 37 heavy (non-hydrogen) atoms. The molecule has 0 unspecified atom stereocenters. The lowest BCUT2D eigenvalue weighted by molar-refractivity contribution is 0.436. The van der Waals surface area contributed by atoms with Crippen molar-refractivity contribution < 1.29 is 4.52 Å². The van der Waals surface area contributed by atoms with Crippen molar-refractivity contribution in [2.45, 2.75) is 0 Å². The fraction of sp³-hybridized carbons (Fsp3) is 0. The molecule has 0 aliphatic rings. The number of rotatable bonds is 8. The summed E-state index contributed by atoms with van der Waals surface area (Å²) in [6.45, 7) is 0. The van der Waals surface area contributed by atoms with Crippen LogP contribution in [0.4, 0.5) is 34.9 Å². The SMILES string of the molecule is c1ccc(Nc2nc(Nc3ccccc3)nc(Nc3ccc(-c4cc(-c5cccs5)on4)cc3)n2)cc1. The van der Waals surface area contributed by atoms with Crippen LogP contribution in [-0.4, -0.2) is 20.1 Å². The highest BCUT2D eigenvalue weighted by atomic mass is 32.1. The van der Waals surface area contributed by atoms with Gasteiger partial charge in [-0.15, -0.1) is 11.3 Å². The van der Waals surface area contributed by atoms with Gasteiger partial charge in [-0.25, -0.2) is 0 Å². The Kier molecular flexibility index (Phi) is 6.25. The molecule has 0 aliphatic heterocycles. The van der Waals surface area contributed by atoms with Crippen LogP contribution in [0.2, 0.25) is 0 Å². The summed E-state index contributed by atoms with van der Waals surface area (Å²) in [4.78, 5) is 14.7. The van der Waals surface area contributed by atoms with Gasteiger partial charge < -0.3 is 20.5 Å². The molecular weight excluding hydrogens is 482 g/mol. The second-order valence-corrected chi connectivity index (χ2v) is 8.99. The number of hydrogen-bond acceptors (Lipinski definition) is 9. The molecule has 3 N–H and O–H groups in total. The third kappa shape index (κ3) is 5.47. The molecule has 0 amide bonds. The number of nitrogens with one attached hydrogen (secondary N) is 3. The summed E-state index contributed by atoms with van der Waals surface area (Å²) < 4.78 is 5.52. The van der Waals surface area contributed by atoms with E-state index in [1.54, 1.807) is 11.3 Å². The lowest BCUT2D eigenvalue weighted by Gasteiger charge is -2.11. The molecular formula is C28H21N7OS. The Labute approximate surface area is 217 Å². The maximum atomic E-state index is 5.52. The summed E-state index contributed by atoms with van der Waals surface area (Å²) in [5.74, 6) is 2.00. The first-order valence-electron chi connectivity index (χ1n) is 11.6. The van der Waals surface area contributed by atoms with Gasteiger partial charge in [0.1, 0.15) is 5.69 Å². The van der Waals surface area contributed by atoms with Crippen LogP contribution in [0.15, 0.2) is 113 Å². The van der Waals surface area contributed by atoms with Crippen molar-refractivity contribution >= 4 is 46.2 Å². The van der Waals surface area contributed by atoms with Crippen LogP contribution in [0.3, 0.4) is 0 Å². The van der Waals surface area contributed by atoms with Crippen LogP contribution in [0.25, 0.3) is 21.9 Å². The van der Waals surface area contributed by atoms with Crippen LogP contribution < -0.4 is 16.0 Å². The molecule has 0 radical (unpaired) electrons. The van der Waals surface area contributed by atoms with E-state index in [0.717, 1.165) is 39.0 Å². The first-order chi connectivity index (χ1) is 18.3. The van der Waals surface area contributed by atoms with E-state index in [0.29, 0.717) is 17.8 Å².